The Morgan fingerprint density at radius 2 is 1.86 bits per heavy atom. The van der Waals surface area contributed by atoms with Gasteiger partial charge in [-0.1, -0.05) is 78.6 Å². The summed E-state index contributed by atoms with van der Waals surface area (Å²) in [5.41, 5.74) is 2.97. The highest BCUT2D eigenvalue weighted by Crippen LogP contribution is 2.33. The minimum absolute atomic E-state index is 0.136. The number of thioether (sulfide) groups is 1. The molecule has 2 amide bonds. The van der Waals surface area contributed by atoms with Crippen LogP contribution in [-0.2, 0) is 16.1 Å². The maximum Gasteiger partial charge on any atom is 0.266 e. The number of thiocarbonyl (C=S) groups is 1. The van der Waals surface area contributed by atoms with Gasteiger partial charge in [0.1, 0.15) is 10.9 Å². The van der Waals surface area contributed by atoms with E-state index in [2.05, 4.69) is 0 Å². The minimum atomic E-state index is -0.264. The van der Waals surface area contributed by atoms with E-state index in [1.165, 1.54) is 16.7 Å². The average molecular weight is 427 g/mol. The molecule has 29 heavy (non-hydrogen) atoms. The monoisotopic (exact) mass is 426 g/mol. The zero-order chi connectivity index (χ0) is 20.8. The van der Waals surface area contributed by atoms with Crippen LogP contribution in [0.4, 0.5) is 0 Å². The van der Waals surface area contributed by atoms with Gasteiger partial charge in [0.15, 0.2) is 0 Å². The Hall–Kier alpha value is -2.48. The number of aliphatic hydroxyl groups is 1. The first-order chi connectivity index (χ1) is 14.0. The number of benzene rings is 2. The van der Waals surface area contributed by atoms with Gasteiger partial charge >= 0.3 is 0 Å². The number of carbonyl (C=O) groups is 2. The molecule has 1 N–H and O–H groups in total. The van der Waals surface area contributed by atoms with Crippen molar-refractivity contribution in [3.05, 3.63) is 76.2 Å². The van der Waals surface area contributed by atoms with Crippen LogP contribution in [0.25, 0.3) is 6.08 Å². The largest absolute Gasteiger partial charge is 0.395 e. The molecule has 7 heteroatoms. The van der Waals surface area contributed by atoms with Gasteiger partial charge in [0.2, 0.25) is 5.91 Å². The van der Waals surface area contributed by atoms with Crippen LogP contribution < -0.4 is 0 Å². The predicted molar refractivity (Wildman–Crippen MR) is 120 cm³/mol. The summed E-state index contributed by atoms with van der Waals surface area (Å²) in [7, 11) is 0. The number of rotatable bonds is 7. The lowest BCUT2D eigenvalue weighted by atomic mass is 10.1. The van der Waals surface area contributed by atoms with E-state index in [0.717, 1.165) is 16.7 Å². The molecule has 0 unspecified atom stereocenters. The van der Waals surface area contributed by atoms with E-state index in [0.29, 0.717) is 15.8 Å². The van der Waals surface area contributed by atoms with Crippen LogP contribution in [0.5, 0.6) is 0 Å². The summed E-state index contributed by atoms with van der Waals surface area (Å²) in [5, 5.41) is 9.35. The fourth-order valence-electron chi connectivity index (χ4n) is 2.98. The Bertz CT molecular complexity index is 944. The summed E-state index contributed by atoms with van der Waals surface area (Å²) < 4.78 is 0.367. The smallest absolute Gasteiger partial charge is 0.266 e. The zero-order valence-electron chi connectivity index (χ0n) is 16.1. The summed E-state index contributed by atoms with van der Waals surface area (Å²) >= 11 is 6.56. The fraction of sp³-hybridized carbons (Fsp3) is 0.227. The first-order valence-electron chi connectivity index (χ1n) is 9.23. The van der Waals surface area contributed by atoms with Crippen molar-refractivity contribution >= 4 is 46.2 Å². The Morgan fingerprint density at radius 1 is 1.17 bits per heavy atom. The van der Waals surface area contributed by atoms with Gasteiger partial charge in [-0.2, -0.15) is 0 Å². The minimum Gasteiger partial charge on any atom is -0.395 e. The van der Waals surface area contributed by atoms with E-state index in [9.17, 15) is 14.7 Å². The van der Waals surface area contributed by atoms with Crippen LogP contribution in [0.3, 0.4) is 0 Å². The summed E-state index contributed by atoms with van der Waals surface area (Å²) in [6, 6.07) is 17.3. The highest BCUT2D eigenvalue weighted by atomic mass is 32.2. The van der Waals surface area contributed by atoms with Crippen molar-refractivity contribution in [2.45, 2.75) is 13.5 Å². The van der Waals surface area contributed by atoms with Crippen LogP contribution in [0, 0.1) is 6.92 Å². The zero-order valence-corrected chi connectivity index (χ0v) is 17.7. The lowest BCUT2D eigenvalue weighted by Crippen LogP contribution is -2.42. The second-order valence-corrected chi connectivity index (χ2v) is 8.32. The third-order valence-electron chi connectivity index (χ3n) is 4.58. The normalized spacial score (nSPS) is 15.2. The second-order valence-electron chi connectivity index (χ2n) is 6.65. The topological polar surface area (TPSA) is 60.9 Å². The summed E-state index contributed by atoms with van der Waals surface area (Å²) in [4.78, 5) is 29.1. The second kappa shape index (κ2) is 9.82. The lowest BCUT2D eigenvalue weighted by Gasteiger charge is -2.24. The van der Waals surface area contributed by atoms with Crippen LogP contribution in [-0.4, -0.2) is 50.7 Å². The molecule has 0 bridgehead atoms. The van der Waals surface area contributed by atoms with E-state index in [1.807, 2.05) is 67.6 Å². The molecule has 2 aromatic carbocycles. The molecule has 0 aromatic heterocycles. The van der Waals surface area contributed by atoms with Gasteiger partial charge in [0, 0.05) is 13.1 Å². The molecule has 1 aliphatic rings. The molecule has 150 valence electrons. The first kappa shape index (κ1) is 21.2. The van der Waals surface area contributed by atoms with E-state index in [-0.39, 0.29) is 31.5 Å². The van der Waals surface area contributed by atoms with Crippen molar-refractivity contribution in [2.75, 3.05) is 19.7 Å². The maximum absolute atomic E-state index is 12.8. The maximum atomic E-state index is 12.8. The third-order valence-corrected chi connectivity index (χ3v) is 5.96. The van der Waals surface area contributed by atoms with Crippen molar-refractivity contribution in [3.8, 4) is 0 Å². The molecule has 5 nitrogen and oxygen atoms in total. The molecule has 1 saturated heterocycles. The molecule has 0 saturated carbocycles. The Kier molecular flexibility index (Phi) is 7.19. The van der Waals surface area contributed by atoms with Crippen LogP contribution in [0.15, 0.2) is 59.5 Å². The van der Waals surface area contributed by atoms with Crippen molar-refractivity contribution in [2.24, 2.45) is 0 Å². The van der Waals surface area contributed by atoms with Crippen LogP contribution in [0.2, 0.25) is 0 Å². The number of carbonyl (C=O) groups excluding carboxylic acids is 2. The summed E-state index contributed by atoms with van der Waals surface area (Å²) in [6.45, 7) is 2.26. The molecule has 1 heterocycles. The molecule has 0 radical (unpaired) electrons. The number of hydrogen-bond donors (Lipinski definition) is 1. The van der Waals surface area contributed by atoms with Crippen LogP contribution >= 0.6 is 24.0 Å². The highest BCUT2D eigenvalue weighted by molar-refractivity contribution is 8.26. The molecule has 0 aliphatic carbocycles. The van der Waals surface area contributed by atoms with E-state index in [1.54, 1.807) is 4.90 Å². The molecule has 2 aromatic rings. The third kappa shape index (κ3) is 5.32. The number of amides is 2. The first-order valence-corrected chi connectivity index (χ1v) is 10.5. The van der Waals surface area contributed by atoms with Gasteiger partial charge in [-0.05, 0) is 29.7 Å². The SMILES string of the molecule is Cc1ccccc1/C=C1\SC(=S)N(CC(=O)N(CCO)Cc2ccccc2)C1=O. The molecular weight excluding hydrogens is 404 g/mol. The van der Waals surface area contributed by atoms with Gasteiger partial charge in [0.25, 0.3) is 5.91 Å². The molecule has 0 spiro atoms. The Labute approximate surface area is 180 Å². The van der Waals surface area contributed by atoms with Gasteiger partial charge < -0.3 is 10.0 Å². The predicted octanol–water partition coefficient (Wildman–Crippen LogP) is 3.22. The fourth-order valence-corrected chi connectivity index (χ4v) is 4.22. The number of aryl methyl sites for hydroxylation is 1. The Balaban J connectivity index is 1.72. The molecule has 3 rings (SSSR count). The number of nitrogens with zero attached hydrogens (tertiary/aromatic N) is 2. The molecule has 0 atom stereocenters. The average Bonchev–Trinajstić information content (AvgIpc) is 2.97. The lowest BCUT2D eigenvalue weighted by molar-refractivity contribution is -0.136. The summed E-state index contributed by atoms with van der Waals surface area (Å²) in [5.74, 6) is -0.517. The van der Waals surface area contributed by atoms with Gasteiger partial charge in [-0.15, -0.1) is 0 Å². The van der Waals surface area contributed by atoms with Crippen molar-refractivity contribution in [1.29, 1.82) is 0 Å². The number of hydrogen-bond acceptors (Lipinski definition) is 5. The molecule has 1 fully saturated rings. The quantitative estimate of drug-likeness (QED) is 0.544. The van der Waals surface area contributed by atoms with Gasteiger partial charge in [-0.3, -0.25) is 14.5 Å². The number of aliphatic hydroxyl groups excluding tert-OH is 1. The van der Waals surface area contributed by atoms with E-state index >= 15 is 0 Å². The van der Waals surface area contributed by atoms with Crippen molar-refractivity contribution < 1.29 is 14.7 Å². The molecule has 1 aliphatic heterocycles. The van der Waals surface area contributed by atoms with Crippen LogP contribution in [0.1, 0.15) is 16.7 Å². The van der Waals surface area contributed by atoms with Crippen molar-refractivity contribution in [1.82, 2.24) is 9.80 Å². The van der Waals surface area contributed by atoms with Crippen molar-refractivity contribution in [3.63, 3.8) is 0 Å². The summed E-state index contributed by atoms with van der Waals surface area (Å²) in [6.07, 6.45) is 1.81. The van der Waals surface area contributed by atoms with E-state index < -0.39 is 0 Å². The highest BCUT2D eigenvalue weighted by Gasteiger charge is 2.34. The van der Waals surface area contributed by atoms with E-state index in [4.69, 9.17) is 12.2 Å². The molecular formula is C22H22N2O3S2. The Morgan fingerprint density at radius 3 is 2.55 bits per heavy atom. The van der Waals surface area contributed by atoms with Gasteiger partial charge in [-0.25, -0.2) is 0 Å². The van der Waals surface area contributed by atoms with Gasteiger partial charge in [0.05, 0.1) is 11.5 Å². The standard InChI is InChI=1S/C22H22N2O3S2/c1-16-7-5-6-10-18(16)13-19-21(27)24(22(28)29-19)15-20(26)23(11-12-25)14-17-8-3-2-4-9-17/h2-10,13,25H,11-12,14-15H2,1H3/b19-13-.